The van der Waals surface area contributed by atoms with Gasteiger partial charge >= 0.3 is 0 Å². The number of nitrogens with one attached hydrogen (secondary N) is 1. The first-order valence-electron chi connectivity index (χ1n) is 6.14. The summed E-state index contributed by atoms with van der Waals surface area (Å²) < 4.78 is 0. The van der Waals surface area contributed by atoms with E-state index in [1.165, 1.54) is 12.8 Å². The first-order valence-corrected chi connectivity index (χ1v) is 6.55. The van der Waals surface area contributed by atoms with Gasteiger partial charge in [0.05, 0.1) is 10.4 Å². The minimum Gasteiger partial charge on any atom is -0.392 e. The Bertz CT molecular complexity index is 308. The van der Waals surface area contributed by atoms with Gasteiger partial charge in [-0.2, -0.15) is 0 Å². The van der Waals surface area contributed by atoms with E-state index >= 15 is 0 Å². The van der Waals surface area contributed by atoms with Crippen LogP contribution >= 0.6 is 12.2 Å². The predicted molar refractivity (Wildman–Crippen MR) is 68.0 cm³/mol. The first kappa shape index (κ1) is 11.8. The molecule has 0 radical (unpaired) electrons. The number of nitrogens with two attached hydrogens (primary N) is 1. The molecule has 3 nitrogen and oxygen atoms in total. The van der Waals surface area contributed by atoms with Gasteiger partial charge in [0, 0.05) is 6.54 Å². The van der Waals surface area contributed by atoms with Crippen LogP contribution < -0.4 is 11.1 Å². The summed E-state index contributed by atoms with van der Waals surface area (Å²) in [5, 5.41) is 3.02. The Hall–Kier alpha value is -0.640. The zero-order chi connectivity index (χ0) is 11.8. The molecule has 2 saturated carbocycles. The molecule has 16 heavy (non-hydrogen) atoms. The third-order valence-electron chi connectivity index (χ3n) is 4.12. The monoisotopic (exact) mass is 240 g/mol. The summed E-state index contributed by atoms with van der Waals surface area (Å²) in [6.07, 6.45) is 5.34. The second-order valence-corrected chi connectivity index (χ2v) is 5.76. The topological polar surface area (TPSA) is 55.1 Å². The summed E-state index contributed by atoms with van der Waals surface area (Å²) in [5.74, 6) is 1.47. The lowest BCUT2D eigenvalue weighted by Crippen LogP contribution is -2.53. The molecule has 0 heterocycles. The largest absolute Gasteiger partial charge is 0.392 e. The van der Waals surface area contributed by atoms with E-state index in [9.17, 15) is 4.79 Å². The van der Waals surface area contributed by atoms with Crippen molar-refractivity contribution in [3.8, 4) is 0 Å². The van der Waals surface area contributed by atoms with E-state index in [4.69, 9.17) is 18.0 Å². The molecule has 0 aromatic heterocycles. The smallest absolute Gasteiger partial charge is 0.233 e. The van der Waals surface area contributed by atoms with Crippen LogP contribution in [-0.2, 0) is 4.79 Å². The molecule has 0 aromatic carbocycles. The lowest BCUT2D eigenvalue weighted by atomic mass is 9.68. The number of carbonyl (C=O) groups is 1. The fourth-order valence-electron chi connectivity index (χ4n) is 2.37. The van der Waals surface area contributed by atoms with Crippen molar-refractivity contribution in [2.24, 2.45) is 23.0 Å². The number of hydrogen-bond acceptors (Lipinski definition) is 2. The van der Waals surface area contributed by atoms with Gasteiger partial charge < -0.3 is 11.1 Å². The van der Waals surface area contributed by atoms with Crippen LogP contribution in [0.15, 0.2) is 0 Å². The maximum Gasteiger partial charge on any atom is 0.233 e. The number of hydrogen-bond donors (Lipinski definition) is 2. The van der Waals surface area contributed by atoms with Crippen molar-refractivity contribution < 1.29 is 4.79 Å². The van der Waals surface area contributed by atoms with Crippen molar-refractivity contribution >= 4 is 23.1 Å². The third-order valence-corrected chi connectivity index (χ3v) is 4.52. The van der Waals surface area contributed by atoms with E-state index in [0.29, 0.717) is 10.9 Å². The lowest BCUT2D eigenvalue weighted by molar-refractivity contribution is -0.131. The SMILES string of the molecule is CC(CNC(=O)C1(C(N)=S)CCC1)C1CC1. The molecule has 4 heteroatoms. The minimum absolute atomic E-state index is 0.0544. The molecule has 0 spiro atoms. The quantitative estimate of drug-likeness (QED) is 0.718. The minimum atomic E-state index is -0.515. The molecule has 90 valence electrons. The van der Waals surface area contributed by atoms with Crippen molar-refractivity contribution in [3.05, 3.63) is 0 Å². The highest BCUT2D eigenvalue weighted by Crippen LogP contribution is 2.42. The van der Waals surface area contributed by atoms with Gasteiger partial charge in [0.2, 0.25) is 5.91 Å². The Morgan fingerprint density at radius 2 is 2.19 bits per heavy atom. The highest BCUT2D eigenvalue weighted by atomic mass is 32.1. The van der Waals surface area contributed by atoms with Gasteiger partial charge in [0.1, 0.15) is 0 Å². The molecular formula is C12H20N2OS. The molecule has 2 rings (SSSR count). The van der Waals surface area contributed by atoms with Crippen molar-refractivity contribution in [3.63, 3.8) is 0 Å². The summed E-state index contributed by atoms with van der Waals surface area (Å²) in [7, 11) is 0. The van der Waals surface area contributed by atoms with Gasteiger partial charge in [-0.05, 0) is 37.5 Å². The molecule has 0 saturated heterocycles. The van der Waals surface area contributed by atoms with Crippen LogP contribution in [0.3, 0.4) is 0 Å². The molecule has 3 N–H and O–H groups in total. The van der Waals surface area contributed by atoms with Crippen LogP contribution in [0.4, 0.5) is 0 Å². The number of carbonyl (C=O) groups excluding carboxylic acids is 1. The molecule has 2 aliphatic rings. The van der Waals surface area contributed by atoms with E-state index in [1.807, 2.05) is 0 Å². The summed E-state index contributed by atoms with van der Waals surface area (Å²) in [4.78, 5) is 12.4. The Morgan fingerprint density at radius 3 is 2.56 bits per heavy atom. The molecule has 1 amide bonds. The summed E-state index contributed by atoms with van der Waals surface area (Å²) in [6, 6.07) is 0. The van der Waals surface area contributed by atoms with Crippen molar-refractivity contribution in [1.29, 1.82) is 0 Å². The first-order chi connectivity index (χ1) is 7.56. The highest BCUT2D eigenvalue weighted by molar-refractivity contribution is 7.80. The van der Waals surface area contributed by atoms with E-state index < -0.39 is 5.41 Å². The Labute approximate surface area is 102 Å². The number of amides is 1. The van der Waals surface area contributed by atoms with Crippen LogP contribution in [0, 0.1) is 17.3 Å². The third kappa shape index (κ3) is 2.08. The lowest BCUT2D eigenvalue weighted by Gasteiger charge is -2.39. The van der Waals surface area contributed by atoms with Crippen LogP contribution in [0.2, 0.25) is 0 Å². The van der Waals surface area contributed by atoms with Gasteiger partial charge in [-0.1, -0.05) is 25.6 Å². The molecule has 0 bridgehead atoms. The van der Waals surface area contributed by atoms with Gasteiger partial charge in [0.25, 0.3) is 0 Å². The summed E-state index contributed by atoms with van der Waals surface area (Å²) in [6.45, 7) is 2.97. The van der Waals surface area contributed by atoms with E-state index in [1.54, 1.807) is 0 Å². The molecule has 1 atom stereocenters. The number of rotatable bonds is 5. The fourth-order valence-corrected chi connectivity index (χ4v) is 2.67. The standard InChI is InChI=1S/C12H20N2OS/c1-8(9-3-4-9)7-14-11(15)12(10(13)16)5-2-6-12/h8-9H,2-7H2,1H3,(H2,13,16)(H,14,15). The van der Waals surface area contributed by atoms with Crippen LogP contribution in [-0.4, -0.2) is 17.4 Å². The molecule has 0 aromatic rings. The van der Waals surface area contributed by atoms with E-state index in [-0.39, 0.29) is 5.91 Å². The molecule has 2 fully saturated rings. The van der Waals surface area contributed by atoms with Gasteiger partial charge in [0.15, 0.2) is 0 Å². The molecule has 2 aliphatic carbocycles. The van der Waals surface area contributed by atoms with E-state index in [0.717, 1.165) is 31.7 Å². The van der Waals surface area contributed by atoms with Crippen molar-refractivity contribution in [1.82, 2.24) is 5.32 Å². The second-order valence-electron chi connectivity index (χ2n) is 5.32. The van der Waals surface area contributed by atoms with Crippen LogP contribution in [0.1, 0.15) is 39.0 Å². The summed E-state index contributed by atoms with van der Waals surface area (Å²) in [5.41, 5.74) is 5.17. The molecule has 0 aliphatic heterocycles. The predicted octanol–water partition coefficient (Wildman–Crippen LogP) is 1.61. The Morgan fingerprint density at radius 1 is 1.56 bits per heavy atom. The average molecular weight is 240 g/mol. The van der Waals surface area contributed by atoms with Crippen molar-refractivity contribution in [2.75, 3.05) is 6.54 Å². The van der Waals surface area contributed by atoms with Gasteiger partial charge in [-0.25, -0.2) is 0 Å². The van der Waals surface area contributed by atoms with Gasteiger partial charge in [-0.15, -0.1) is 0 Å². The number of thiocarbonyl (C=S) groups is 1. The van der Waals surface area contributed by atoms with Gasteiger partial charge in [-0.3, -0.25) is 4.79 Å². The maximum atomic E-state index is 12.1. The Balaban J connectivity index is 1.84. The Kier molecular flexibility index (Phi) is 3.19. The van der Waals surface area contributed by atoms with Crippen molar-refractivity contribution in [2.45, 2.75) is 39.0 Å². The van der Waals surface area contributed by atoms with E-state index in [2.05, 4.69) is 12.2 Å². The normalized spacial score (nSPS) is 24.3. The van der Waals surface area contributed by atoms with Crippen LogP contribution in [0.25, 0.3) is 0 Å². The summed E-state index contributed by atoms with van der Waals surface area (Å²) >= 11 is 5.02. The molecule has 1 unspecified atom stereocenters. The van der Waals surface area contributed by atoms with Crippen LogP contribution in [0.5, 0.6) is 0 Å². The second kappa shape index (κ2) is 4.32. The maximum absolute atomic E-state index is 12.1. The zero-order valence-electron chi connectivity index (χ0n) is 9.79. The highest BCUT2D eigenvalue weighted by Gasteiger charge is 2.47. The average Bonchev–Trinajstić information content (AvgIpc) is 2.94. The fraction of sp³-hybridized carbons (Fsp3) is 0.833. The molecular weight excluding hydrogens is 220 g/mol. The zero-order valence-corrected chi connectivity index (χ0v) is 10.6.